The Bertz CT molecular complexity index is 598. The van der Waals surface area contributed by atoms with Crippen LogP contribution in [0.1, 0.15) is 24.2 Å². The van der Waals surface area contributed by atoms with Crippen molar-refractivity contribution in [1.29, 1.82) is 0 Å². The standard InChI is InChI=1S/C13H19ClN2O3S/c1-5-16(6-2)13(17)10-7-8-11(14)12(9-10)15(3)20(4,18)19/h7-9H,5-6H2,1-4H3. The van der Waals surface area contributed by atoms with Gasteiger partial charge in [-0.05, 0) is 32.0 Å². The zero-order chi connectivity index (χ0) is 15.5. The summed E-state index contributed by atoms with van der Waals surface area (Å²) < 4.78 is 24.2. The van der Waals surface area contributed by atoms with Crippen molar-refractivity contribution >= 4 is 33.2 Å². The molecule has 0 saturated heterocycles. The molecule has 7 heteroatoms. The summed E-state index contributed by atoms with van der Waals surface area (Å²) in [6.07, 6.45) is 1.09. The number of rotatable bonds is 5. The first-order chi connectivity index (χ1) is 9.22. The molecule has 0 unspecified atom stereocenters. The first-order valence-corrected chi connectivity index (χ1v) is 8.47. The van der Waals surface area contributed by atoms with Gasteiger partial charge in [-0.2, -0.15) is 0 Å². The third-order valence-corrected chi connectivity index (χ3v) is 4.59. The van der Waals surface area contributed by atoms with Gasteiger partial charge >= 0.3 is 0 Å². The van der Waals surface area contributed by atoms with E-state index in [1.54, 1.807) is 11.0 Å². The lowest BCUT2D eigenvalue weighted by atomic mass is 10.1. The van der Waals surface area contributed by atoms with E-state index in [2.05, 4.69) is 0 Å². The highest BCUT2D eigenvalue weighted by molar-refractivity contribution is 7.92. The molecule has 20 heavy (non-hydrogen) atoms. The fraction of sp³-hybridized carbons (Fsp3) is 0.462. The number of hydrogen-bond acceptors (Lipinski definition) is 3. The minimum absolute atomic E-state index is 0.144. The van der Waals surface area contributed by atoms with E-state index < -0.39 is 10.0 Å². The first kappa shape index (κ1) is 16.8. The fourth-order valence-electron chi connectivity index (χ4n) is 1.76. The van der Waals surface area contributed by atoms with Crippen LogP contribution >= 0.6 is 11.6 Å². The van der Waals surface area contributed by atoms with Gasteiger partial charge in [0.2, 0.25) is 10.0 Å². The number of hydrogen-bond donors (Lipinski definition) is 0. The van der Waals surface area contributed by atoms with Crippen LogP contribution in [0.25, 0.3) is 0 Å². The molecule has 112 valence electrons. The van der Waals surface area contributed by atoms with Crippen molar-refractivity contribution in [2.24, 2.45) is 0 Å². The van der Waals surface area contributed by atoms with Gasteiger partial charge in [0, 0.05) is 25.7 Å². The Kier molecular flexibility index (Phi) is 5.42. The fourth-order valence-corrected chi connectivity index (χ4v) is 2.56. The Balaban J connectivity index is 3.25. The molecule has 0 atom stereocenters. The number of nitrogens with zero attached hydrogens (tertiary/aromatic N) is 2. The van der Waals surface area contributed by atoms with Gasteiger partial charge in [-0.25, -0.2) is 8.42 Å². The molecule has 0 aliphatic rings. The number of carbonyl (C=O) groups is 1. The molecule has 0 bridgehead atoms. The Morgan fingerprint density at radius 3 is 2.25 bits per heavy atom. The van der Waals surface area contributed by atoms with Crippen LogP contribution in [-0.2, 0) is 10.0 Å². The summed E-state index contributed by atoms with van der Waals surface area (Å²) in [5.41, 5.74) is 0.718. The lowest BCUT2D eigenvalue weighted by Crippen LogP contribution is -2.31. The highest BCUT2D eigenvalue weighted by Gasteiger charge is 2.19. The summed E-state index contributed by atoms with van der Waals surface area (Å²) in [6, 6.07) is 4.64. The van der Waals surface area contributed by atoms with Gasteiger partial charge in [-0.15, -0.1) is 0 Å². The Hall–Kier alpha value is -1.27. The summed E-state index contributed by atoms with van der Waals surface area (Å²) in [7, 11) is -2.02. The van der Waals surface area contributed by atoms with E-state index in [0.29, 0.717) is 24.3 Å². The van der Waals surface area contributed by atoms with Crippen molar-refractivity contribution in [3.8, 4) is 0 Å². The SMILES string of the molecule is CCN(CC)C(=O)c1ccc(Cl)c(N(C)S(C)(=O)=O)c1. The van der Waals surface area contributed by atoms with E-state index in [1.165, 1.54) is 19.2 Å². The second kappa shape index (κ2) is 6.45. The zero-order valence-corrected chi connectivity index (χ0v) is 13.6. The predicted molar refractivity (Wildman–Crippen MR) is 82.0 cm³/mol. The second-order valence-corrected chi connectivity index (χ2v) is 6.80. The van der Waals surface area contributed by atoms with E-state index in [0.717, 1.165) is 10.6 Å². The zero-order valence-electron chi connectivity index (χ0n) is 12.1. The van der Waals surface area contributed by atoms with Crippen LogP contribution in [-0.4, -0.2) is 45.6 Å². The third-order valence-electron chi connectivity index (χ3n) is 3.08. The smallest absolute Gasteiger partial charge is 0.253 e. The molecule has 1 amide bonds. The number of carbonyl (C=O) groups excluding carboxylic acids is 1. The molecular formula is C13H19ClN2O3S. The first-order valence-electron chi connectivity index (χ1n) is 6.25. The normalized spacial score (nSPS) is 11.2. The maximum absolute atomic E-state index is 12.3. The Morgan fingerprint density at radius 1 is 1.25 bits per heavy atom. The van der Waals surface area contributed by atoms with Crippen LogP contribution in [0, 0.1) is 0 Å². The number of benzene rings is 1. The molecule has 1 aromatic carbocycles. The molecular weight excluding hydrogens is 300 g/mol. The van der Waals surface area contributed by atoms with E-state index in [1.807, 2.05) is 13.8 Å². The second-order valence-electron chi connectivity index (χ2n) is 4.37. The third kappa shape index (κ3) is 3.64. The summed E-state index contributed by atoms with van der Waals surface area (Å²) in [4.78, 5) is 13.9. The molecule has 0 radical (unpaired) electrons. The molecule has 0 aliphatic carbocycles. The van der Waals surface area contributed by atoms with Crippen LogP contribution in [0.4, 0.5) is 5.69 Å². The number of sulfonamides is 1. The maximum Gasteiger partial charge on any atom is 0.253 e. The van der Waals surface area contributed by atoms with Gasteiger partial charge in [-0.1, -0.05) is 11.6 Å². The van der Waals surface area contributed by atoms with Crippen LogP contribution in [0.2, 0.25) is 5.02 Å². The number of amides is 1. The molecule has 0 aromatic heterocycles. The average molecular weight is 319 g/mol. The van der Waals surface area contributed by atoms with E-state index in [4.69, 9.17) is 11.6 Å². The van der Waals surface area contributed by atoms with Crippen molar-refractivity contribution in [3.63, 3.8) is 0 Å². The van der Waals surface area contributed by atoms with Gasteiger partial charge in [-0.3, -0.25) is 9.10 Å². The Morgan fingerprint density at radius 2 is 1.80 bits per heavy atom. The van der Waals surface area contributed by atoms with Crippen molar-refractivity contribution in [2.75, 3.05) is 30.7 Å². The maximum atomic E-state index is 12.3. The molecule has 0 aliphatic heterocycles. The van der Waals surface area contributed by atoms with Gasteiger partial charge in [0.05, 0.1) is 17.0 Å². The lowest BCUT2D eigenvalue weighted by molar-refractivity contribution is 0.0773. The van der Waals surface area contributed by atoms with Crippen molar-refractivity contribution in [1.82, 2.24) is 4.90 Å². The lowest BCUT2D eigenvalue weighted by Gasteiger charge is -2.21. The van der Waals surface area contributed by atoms with Crippen LogP contribution in [0.5, 0.6) is 0 Å². The summed E-state index contributed by atoms with van der Waals surface area (Å²) >= 11 is 6.02. The van der Waals surface area contributed by atoms with E-state index in [9.17, 15) is 13.2 Å². The van der Waals surface area contributed by atoms with Crippen molar-refractivity contribution < 1.29 is 13.2 Å². The number of halogens is 1. The molecule has 0 N–H and O–H groups in total. The number of anilines is 1. The van der Waals surface area contributed by atoms with Crippen molar-refractivity contribution in [3.05, 3.63) is 28.8 Å². The minimum Gasteiger partial charge on any atom is -0.339 e. The van der Waals surface area contributed by atoms with Gasteiger partial charge in [0.15, 0.2) is 0 Å². The summed E-state index contributed by atoms with van der Waals surface area (Å²) in [5, 5.41) is 0.286. The molecule has 0 saturated carbocycles. The Labute approximate surface area is 125 Å². The highest BCUT2D eigenvalue weighted by atomic mass is 35.5. The van der Waals surface area contributed by atoms with Gasteiger partial charge in [0.25, 0.3) is 5.91 Å². The van der Waals surface area contributed by atoms with E-state index >= 15 is 0 Å². The van der Waals surface area contributed by atoms with Crippen LogP contribution < -0.4 is 4.31 Å². The molecule has 0 heterocycles. The molecule has 5 nitrogen and oxygen atoms in total. The van der Waals surface area contributed by atoms with E-state index in [-0.39, 0.29) is 10.9 Å². The summed E-state index contributed by atoms with van der Waals surface area (Å²) in [6.45, 7) is 4.96. The molecule has 1 rings (SSSR count). The average Bonchev–Trinajstić information content (AvgIpc) is 2.38. The molecule has 1 aromatic rings. The minimum atomic E-state index is -3.43. The van der Waals surface area contributed by atoms with Crippen molar-refractivity contribution in [2.45, 2.75) is 13.8 Å². The van der Waals surface area contributed by atoms with Crippen LogP contribution in [0.15, 0.2) is 18.2 Å². The molecule has 0 fully saturated rings. The monoisotopic (exact) mass is 318 g/mol. The highest BCUT2D eigenvalue weighted by Crippen LogP contribution is 2.28. The largest absolute Gasteiger partial charge is 0.339 e. The summed E-state index contributed by atoms with van der Waals surface area (Å²) in [5.74, 6) is -0.144. The van der Waals surface area contributed by atoms with Crippen LogP contribution in [0.3, 0.4) is 0 Å². The van der Waals surface area contributed by atoms with Gasteiger partial charge in [0.1, 0.15) is 0 Å². The predicted octanol–water partition coefficient (Wildman–Crippen LogP) is 2.22. The topological polar surface area (TPSA) is 57.7 Å². The van der Waals surface area contributed by atoms with Gasteiger partial charge < -0.3 is 4.90 Å². The molecule has 0 spiro atoms. The quantitative estimate of drug-likeness (QED) is 0.836.